The van der Waals surface area contributed by atoms with Crippen molar-refractivity contribution in [2.45, 2.75) is 39.3 Å². The fraction of sp³-hybridized carbons (Fsp3) is 0.421. The second kappa shape index (κ2) is 6.51. The van der Waals surface area contributed by atoms with Gasteiger partial charge in [0.15, 0.2) is 5.78 Å². The van der Waals surface area contributed by atoms with Crippen LogP contribution in [0.1, 0.15) is 38.7 Å². The number of alkyl halides is 3. The lowest BCUT2D eigenvalue weighted by Crippen LogP contribution is -2.39. The normalized spacial score (nSPS) is 22.2. The predicted molar refractivity (Wildman–Crippen MR) is 89.3 cm³/mol. The van der Waals surface area contributed by atoms with Crippen LogP contribution in [0.15, 0.2) is 35.6 Å². The van der Waals surface area contributed by atoms with Crippen molar-refractivity contribution >= 4 is 23.3 Å². The summed E-state index contributed by atoms with van der Waals surface area (Å²) in [5, 5.41) is 2.39. The van der Waals surface area contributed by atoms with Crippen LogP contribution < -0.4 is 5.32 Å². The first-order valence-electron chi connectivity index (χ1n) is 8.41. The number of benzene rings is 1. The summed E-state index contributed by atoms with van der Waals surface area (Å²) < 4.78 is 43.7. The standard InChI is InChI=1S/C19H18F3NO4/c1-18(2)8-13(24)16-12(7-15(25)27-14(16)9-18)17(26)23-11-5-3-4-10(6-11)19(20,21)22/h3-6,12H,7-9H2,1-2H3,(H,23,26). The zero-order chi connectivity index (χ0) is 20.0. The lowest BCUT2D eigenvalue weighted by Gasteiger charge is -2.36. The molecule has 0 radical (unpaired) electrons. The summed E-state index contributed by atoms with van der Waals surface area (Å²) in [6.07, 6.45) is -4.32. The highest BCUT2D eigenvalue weighted by atomic mass is 19.4. The van der Waals surface area contributed by atoms with E-state index < -0.39 is 34.9 Å². The Kier molecular flexibility index (Phi) is 4.61. The molecule has 1 N–H and O–H groups in total. The quantitative estimate of drug-likeness (QED) is 0.790. The van der Waals surface area contributed by atoms with Crippen LogP contribution in [0, 0.1) is 11.3 Å². The topological polar surface area (TPSA) is 72.5 Å². The van der Waals surface area contributed by atoms with Crippen LogP contribution in [-0.2, 0) is 25.3 Å². The number of amides is 1. The lowest BCUT2D eigenvalue weighted by atomic mass is 9.72. The Balaban J connectivity index is 1.88. The Morgan fingerprint density at radius 1 is 1.22 bits per heavy atom. The maximum atomic E-state index is 12.8. The molecule has 1 heterocycles. The number of hydrogen-bond donors (Lipinski definition) is 1. The van der Waals surface area contributed by atoms with Gasteiger partial charge in [0.25, 0.3) is 0 Å². The molecular weight excluding hydrogens is 363 g/mol. The molecule has 5 nitrogen and oxygen atoms in total. The molecule has 1 aromatic carbocycles. The van der Waals surface area contributed by atoms with E-state index in [0.717, 1.165) is 12.1 Å². The summed E-state index contributed by atoms with van der Waals surface area (Å²) in [6.45, 7) is 3.71. The van der Waals surface area contributed by atoms with Gasteiger partial charge in [0, 0.05) is 24.1 Å². The van der Waals surface area contributed by atoms with Crippen molar-refractivity contribution in [3.63, 3.8) is 0 Å². The number of carbonyl (C=O) groups excluding carboxylic acids is 3. The molecule has 3 rings (SSSR count). The van der Waals surface area contributed by atoms with E-state index in [0.29, 0.717) is 6.42 Å². The van der Waals surface area contributed by atoms with Gasteiger partial charge in [0.2, 0.25) is 5.91 Å². The van der Waals surface area contributed by atoms with Crippen molar-refractivity contribution in [3.05, 3.63) is 41.2 Å². The van der Waals surface area contributed by atoms with Crippen LogP contribution >= 0.6 is 0 Å². The van der Waals surface area contributed by atoms with Gasteiger partial charge in [0.1, 0.15) is 5.76 Å². The molecule has 1 amide bonds. The molecule has 1 atom stereocenters. The largest absolute Gasteiger partial charge is 0.431 e. The van der Waals surface area contributed by atoms with Crippen LogP contribution in [-0.4, -0.2) is 17.7 Å². The number of nitrogens with one attached hydrogen (secondary N) is 1. The van der Waals surface area contributed by atoms with Crippen LogP contribution in [0.3, 0.4) is 0 Å². The van der Waals surface area contributed by atoms with Crippen LogP contribution in [0.25, 0.3) is 0 Å². The molecule has 144 valence electrons. The van der Waals surface area contributed by atoms with Crippen molar-refractivity contribution in [2.24, 2.45) is 11.3 Å². The van der Waals surface area contributed by atoms with E-state index in [1.807, 2.05) is 13.8 Å². The molecule has 1 unspecified atom stereocenters. The molecule has 1 aromatic rings. The van der Waals surface area contributed by atoms with Crippen LogP contribution in [0.2, 0.25) is 0 Å². The lowest BCUT2D eigenvalue weighted by molar-refractivity contribution is -0.146. The number of allylic oxidation sites excluding steroid dienone is 1. The SMILES string of the molecule is CC1(C)CC(=O)C2=C(C1)OC(=O)CC2C(=O)Nc1cccc(C(F)(F)F)c1. The highest BCUT2D eigenvalue weighted by molar-refractivity contribution is 6.08. The van der Waals surface area contributed by atoms with E-state index in [1.165, 1.54) is 12.1 Å². The van der Waals surface area contributed by atoms with Gasteiger partial charge < -0.3 is 10.1 Å². The number of rotatable bonds is 2. The number of anilines is 1. The molecule has 0 bridgehead atoms. The average molecular weight is 381 g/mol. The molecule has 1 aliphatic carbocycles. The molecule has 1 aliphatic heterocycles. The van der Waals surface area contributed by atoms with Crippen molar-refractivity contribution in [2.75, 3.05) is 5.32 Å². The van der Waals surface area contributed by atoms with Gasteiger partial charge in [-0.05, 0) is 23.6 Å². The number of halogens is 3. The van der Waals surface area contributed by atoms with Crippen molar-refractivity contribution in [1.29, 1.82) is 0 Å². The van der Waals surface area contributed by atoms with Gasteiger partial charge in [0.05, 0.1) is 17.9 Å². The molecular formula is C19H18F3NO4. The average Bonchev–Trinajstić information content (AvgIpc) is 2.51. The van der Waals surface area contributed by atoms with E-state index in [2.05, 4.69) is 5.32 Å². The number of carbonyl (C=O) groups is 3. The Labute approximate surface area is 153 Å². The highest BCUT2D eigenvalue weighted by Gasteiger charge is 2.44. The second-order valence-electron chi connectivity index (χ2n) is 7.58. The second-order valence-corrected chi connectivity index (χ2v) is 7.58. The van der Waals surface area contributed by atoms with Gasteiger partial charge in [-0.2, -0.15) is 13.2 Å². The monoisotopic (exact) mass is 381 g/mol. The molecule has 0 saturated carbocycles. The van der Waals surface area contributed by atoms with Crippen LogP contribution in [0.4, 0.5) is 18.9 Å². The zero-order valence-electron chi connectivity index (χ0n) is 14.8. The van der Waals surface area contributed by atoms with Gasteiger partial charge in [-0.1, -0.05) is 19.9 Å². The molecule has 27 heavy (non-hydrogen) atoms. The van der Waals surface area contributed by atoms with E-state index in [9.17, 15) is 27.6 Å². The number of Topliss-reactive ketones (excluding diaryl/α,β-unsaturated/α-hetero) is 1. The maximum Gasteiger partial charge on any atom is 0.416 e. The third-order valence-corrected chi connectivity index (χ3v) is 4.61. The summed E-state index contributed by atoms with van der Waals surface area (Å²) >= 11 is 0. The Morgan fingerprint density at radius 3 is 2.59 bits per heavy atom. The third kappa shape index (κ3) is 4.04. The molecule has 0 spiro atoms. The number of hydrogen-bond acceptors (Lipinski definition) is 4. The van der Waals surface area contributed by atoms with E-state index in [1.54, 1.807) is 0 Å². The Morgan fingerprint density at radius 2 is 1.93 bits per heavy atom. The minimum atomic E-state index is -4.55. The molecule has 0 fully saturated rings. The molecule has 0 aromatic heterocycles. The molecule has 0 saturated heterocycles. The zero-order valence-corrected chi connectivity index (χ0v) is 14.8. The van der Waals surface area contributed by atoms with E-state index in [4.69, 9.17) is 4.74 Å². The highest BCUT2D eigenvalue weighted by Crippen LogP contribution is 2.43. The van der Waals surface area contributed by atoms with Crippen molar-refractivity contribution in [3.8, 4) is 0 Å². The number of ketones is 1. The minimum Gasteiger partial charge on any atom is -0.431 e. The van der Waals surface area contributed by atoms with E-state index >= 15 is 0 Å². The molecule has 2 aliphatic rings. The maximum absolute atomic E-state index is 12.8. The smallest absolute Gasteiger partial charge is 0.416 e. The first-order valence-corrected chi connectivity index (χ1v) is 8.41. The minimum absolute atomic E-state index is 0.0560. The fourth-order valence-corrected chi connectivity index (χ4v) is 3.43. The van der Waals surface area contributed by atoms with Crippen molar-refractivity contribution in [1.82, 2.24) is 0 Å². The first kappa shape index (κ1) is 19.1. The summed E-state index contributed by atoms with van der Waals surface area (Å²) in [7, 11) is 0. The van der Waals surface area contributed by atoms with Gasteiger partial charge in [-0.3, -0.25) is 14.4 Å². The van der Waals surface area contributed by atoms with Gasteiger partial charge >= 0.3 is 12.1 Å². The van der Waals surface area contributed by atoms with E-state index in [-0.39, 0.29) is 35.6 Å². The molecule has 8 heteroatoms. The van der Waals surface area contributed by atoms with Crippen molar-refractivity contribution < 1.29 is 32.3 Å². The number of esters is 1. The Bertz CT molecular complexity index is 855. The van der Waals surface area contributed by atoms with Crippen LogP contribution in [0.5, 0.6) is 0 Å². The third-order valence-electron chi connectivity index (χ3n) is 4.61. The summed E-state index contributed by atoms with van der Waals surface area (Å²) in [5.41, 5.74) is -1.20. The summed E-state index contributed by atoms with van der Waals surface area (Å²) in [5.74, 6) is -2.50. The number of ether oxygens (including phenoxy) is 1. The Hall–Kier alpha value is -2.64. The fourth-order valence-electron chi connectivity index (χ4n) is 3.43. The van der Waals surface area contributed by atoms with Gasteiger partial charge in [-0.15, -0.1) is 0 Å². The predicted octanol–water partition coefficient (Wildman–Crippen LogP) is 3.85. The summed E-state index contributed by atoms with van der Waals surface area (Å²) in [4.78, 5) is 37.1. The first-order chi connectivity index (χ1) is 12.5. The summed E-state index contributed by atoms with van der Waals surface area (Å²) in [6, 6.07) is 4.18. The van der Waals surface area contributed by atoms with Gasteiger partial charge in [-0.25, -0.2) is 0 Å².